The van der Waals surface area contributed by atoms with Gasteiger partial charge in [-0.25, -0.2) is 4.21 Å². The van der Waals surface area contributed by atoms with Crippen LogP contribution in [-0.2, 0) is 15.5 Å². The van der Waals surface area contributed by atoms with Crippen LogP contribution >= 0.6 is 0 Å². The SMILES string of the molecule is CCCCCCCCCCCCOS(=O)[O-].NCCO. The summed E-state index contributed by atoms with van der Waals surface area (Å²) in [5.41, 5.74) is 4.78. The number of hydrogen-bond acceptors (Lipinski definition) is 5. The summed E-state index contributed by atoms with van der Waals surface area (Å²) in [6.07, 6.45) is 12.5. The van der Waals surface area contributed by atoms with E-state index in [0.29, 0.717) is 13.2 Å². The molecule has 0 aliphatic carbocycles. The van der Waals surface area contributed by atoms with Crippen molar-refractivity contribution in [1.82, 2.24) is 0 Å². The van der Waals surface area contributed by atoms with Crippen molar-refractivity contribution in [2.45, 2.75) is 71.1 Å². The Morgan fingerprint density at radius 1 is 1.00 bits per heavy atom. The molecule has 0 saturated carbocycles. The molecule has 5 nitrogen and oxygen atoms in total. The summed E-state index contributed by atoms with van der Waals surface area (Å²) in [6.45, 7) is 3.05. The Morgan fingerprint density at radius 2 is 1.40 bits per heavy atom. The first-order chi connectivity index (χ1) is 9.68. The minimum atomic E-state index is -2.33. The van der Waals surface area contributed by atoms with E-state index in [0.717, 1.165) is 12.8 Å². The summed E-state index contributed by atoms with van der Waals surface area (Å²) in [7, 11) is 0. The van der Waals surface area contributed by atoms with E-state index in [1.54, 1.807) is 0 Å². The zero-order valence-electron chi connectivity index (χ0n) is 12.8. The van der Waals surface area contributed by atoms with Gasteiger partial charge in [-0.05, 0) is 6.42 Å². The van der Waals surface area contributed by atoms with Gasteiger partial charge < -0.3 is 19.6 Å². The Labute approximate surface area is 126 Å². The lowest BCUT2D eigenvalue weighted by atomic mass is 10.1. The molecule has 0 saturated heterocycles. The predicted molar refractivity (Wildman–Crippen MR) is 82.9 cm³/mol. The third kappa shape index (κ3) is 26.5. The first kappa shape index (κ1) is 22.3. The monoisotopic (exact) mass is 310 g/mol. The maximum absolute atomic E-state index is 10.0. The van der Waals surface area contributed by atoms with Crippen LogP contribution in [0.25, 0.3) is 0 Å². The molecule has 3 N–H and O–H groups in total. The fraction of sp³-hybridized carbons (Fsp3) is 1.00. The van der Waals surface area contributed by atoms with E-state index < -0.39 is 11.4 Å². The Morgan fingerprint density at radius 3 is 1.75 bits per heavy atom. The Balaban J connectivity index is 0. The zero-order chi connectivity index (χ0) is 15.5. The highest BCUT2D eigenvalue weighted by atomic mass is 32.2. The lowest BCUT2D eigenvalue weighted by Crippen LogP contribution is -2.02. The molecule has 124 valence electrons. The topological polar surface area (TPSA) is 95.6 Å². The number of nitrogens with two attached hydrogens (primary N) is 1. The van der Waals surface area contributed by atoms with Gasteiger partial charge in [-0.15, -0.1) is 0 Å². The van der Waals surface area contributed by atoms with Crippen LogP contribution in [0.5, 0.6) is 0 Å². The quantitative estimate of drug-likeness (QED) is 0.403. The Kier molecular flexibility index (Phi) is 23.7. The van der Waals surface area contributed by atoms with Crippen molar-refractivity contribution in [2.75, 3.05) is 19.8 Å². The van der Waals surface area contributed by atoms with Gasteiger partial charge in [0.2, 0.25) is 0 Å². The normalized spacial score (nSPS) is 11.8. The molecular weight excluding hydrogens is 278 g/mol. The van der Waals surface area contributed by atoms with Crippen molar-refractivity contribution in [3.05, 3.63) is 0 Å². The summed E-state index contributed by atoms with van der Waals surface area (Å²) < 4.78 is 24.5. The van der Waals surface area contributed by atoms with Gasteiger partial charge in [-0.2, -0.15) is 0 Å². The van der Waals surface area contributed by atoms with Crippen LogP contribution in [0, 0.1) is 0 Å². The standard InChI is InChI=1S/C12H26O3S.C2H7NO/c1-2-3-4-5-6-7-8-9-10-11-12-15-16(13)14;3-1-2-4/h2-12H2,1H3,(H,13,14);4H,1-3H2/p-1. The molecule has 0 radical (unpaired) electrons. The van der Waals surface area contributed by atoms with Crippen LogP contribution in [0.15, 0.2) is 0 Å². The molecular formula is C14H32NO4S-. The average Bonchev–Trinajstić information content (AvgIpc) is 2.44. The van der Waals surface area contributed by atoms with Crippen LogP contribution in [0.3, 0.4) is 0 Å². The third-order valence-corrected chi connectivity index (χ3v) is 3.17. The van der Waals surface area contributed by atoms with Gasteiger partial charge in [0, 0.05) is 6.54 Å². The summed E-state index contributed by atoms with van der Waals surface area (Å²) in [5.74, 6) is 0. The van der Waals surface area contributed by atoms with Crippen molar-refractivity contribution >= 4 is 11.4 Å². The maximum atomic E-state index is 10.0. The van der Waals surface area contributed by atoms with Gasteiger partial charge in [0.1, 0.15) is 0 Å². The fourth-order valence-electron chi connectivity index (χ4n) is 1.72. The molecule has 6 heteroatoms. The highest BCUT2D eigenvalue weighted by Crippen LogP contribution is 2.10. The van der Waals surface area contributed by atoms with Gasteiger partial charge in [0.05, 0.1) is 24.6 Å². The van der Waals surface area contributed by atoms with E-state index >= 15 is 0 Å². The van der Waals surface area contributed by atoms with Crippen LogP contribution in [0.1, 0.15) is 71.1 Å². The van der Waals surface area contributed by atoms with Crippen LogP contribution in [0.4, 0.5) is 0 Å². The lowest BCUT2D eigenvalue weighted by Gasteiger charge is -2.05. The van der Waals surface area contributed by atoms with E-state index in [2.05, 4.69) is 11.1 Å². The molecule has 20 heavy (non-hydrogen) atoms. The molecule has 0 amide bonds. The van der Waals surface area contributed by atoms with Crippen molar-refractivity contribution < 1.29 is 18.1 Å². The highest BCUT2D eigenvalue weighted by Gasteiger charge is 1.92. The van der Waals surface area contributed by atoms with Crippen LogP contribution < -0.4 is 5.73 Å². The van der Waals surface area contributed by atoms with E-state index in [1.165, 1.54) is 51.4 Å². The summed E-state index contributed by atoms with van der Waals surface area (Å²) in [6, 6.07) is 0. The minimum absolute atomic E-state index is 0.0972. The van der Waals surface area contributed by atoms with Crippen LogP contribution in [0.2, 0.25) is 0 Å². The highest BCUT2D eigenvalue weighted by molar-refractivity contribution is 7.74. The van der Waals surface area contributed by atoms with Gasteiger partial charge in [-0.3, -0.25) is 0 Å². The molecule has 0 aromatic heterocycles. The van der Waals surface area contributed by atoms with Crippen molar-refractivity contribution in [3.8, 4) is 0 Å². The molecule has 0 aliphatic heterocycles. The number of unbranched alkanes of at least 4 members (excludes halogenated alkanes) is 9. The first-order valence-electron chi connectivity index (χ1n) is 7.72. The van der Waals surface area contributed by atoms with E-state index in [9.17, 15) is 8.76 Å². The smallest absolute Gasteiger partial charge is 0.0842 e. The van der Waals surface area contributed by atoms with Crippen LogP contribution in [-0.4, -0.2) is 33.6 Å². The number of hydrogen-bond donors (Lipinski definition) is 2. The maximum Gasteiger partial charge on any atom is 0.0842 e. The van der Waals surface area contributed by atoms with E-state index in [4.69, 9.17) is 10.8 Å². The number of rotatable bonds is 13. The van der Waals surface area contributed by atoms with Gasteiger partial charge in [-0.1, -0.05) is 64.7 Å². The molecule has 1 atom stereocenters. The molecule has 0 aromatic rings. The summed E-state index contributed by atoms with van der Waals surface area (Å²) in [5, 5.41) is 7.75. The van der Waals surface area contributed by atoms with Crippen molar-refractivity contribution in [3.63, 3.8) is 0 Å². The molecule has 0 rings (SSSR count). The first-order valence-corrected chi connectivity index (χ1v) is 8.72. The minimum Gasteiger partial charge on any atom is -0.750 e. The number of aliphatic hydroxyl groups excluding tert-OH is 1. The van der Waals surface area contributed by atoms with E-state index in [-0.39, 0.29) is 6.61 Å². The molecule has 0 spiro atoms. The molecule has 0 heterocycles. The summed E-state index contributed by atoms with van der Waals surface area (Å²) >= 11 is -2.33. The van der Waals surface area contributed by atoms with Gasteiger partial charge >= 0.3 is 0 Å². The summed E-state index contributed by atoms with van der Waals surface area (Å²) in [4.78, 5) is 0. The van der Waals surface area contributed by atoms with Gasteiger partial charge in [0.15, 0.2) is 0 Å². The molecule has 0 aliphatic rings. The largest absolute Gasteiger partial charge is 0.750 e. The lowest BCUT2D eigenvalue weighted by molar-refractivity contribution is 0.290. The third-order valence-electron chi connectivity index (χ3n) is 2.81. The fourth-order valence-corrected chi connectivity index (χ4v) is 1.97. The zero-order valence-corrected chi connectivity index (χ0v) is 13.7. The molecule has 1 unspecified atom stereocenters. The molecule has 0 bridgehead atoms. The van der Waals surface area contributed by atoms with Crippen molar-refractivity contribution in [1.29, 1.82) is 0 Å². The Bertz CT molecular complexity index is 192. The second-order valence-electron chi connectivity index (χ2n) is 4.72. The van der Waals surface area contributed by atoms with Gasteiger partial charge in [0.25, 0.3) is 0 Å². The van der Waals surface area contributed by atoms with Crippen molar-refractivity contribution in [2.24, 2.45) is 5.73 Å². The second kappa shape index (κ2) is 21.3. The molecule has 0 fully saturated rings. The average molecular weight is 310 g/mol. The Hall–Kier alpha value is -0.0100. The second-order valence-corrected chi connectivity index (χ2v) is 5.36. The van der Waals surface area contributed by atoms with E-state index in [1.807, 2.05) is 0 Å². The molecule has 0 aromatic carbocycles. The predicted octanol–water partition coefficient (Wildman–Crippen LogP) is 2.66. The number of aliphatic hydroxyl groups is 1.